The molecule has 12 heteroatoms. The molecular weight excluding hydrogens is 526 g/mol. The molecular formula is C29H31N7O5. The average Bonchev–Trinajstić information content (AvgIpc) is 3.53. The van der Waals surface area contributed by atoms with E-state index in [9.17, 15) is 9.90 Å². The number of nitrogens with zero attached hydrogens (tertiary/aromatic N) is 5. The van der Waals surface area contributed by atoms with Gasteiger partial charge in [-0.2, -0.15) is 9.97 Å². The van der Waals surface area contributed by atoms with Crippen LogP contribution in [0.25, 0.3) is 11.5 Å². The summed E-state index contributed by atoms with van der Waals surface area (Å²) < 4.78 is 16.5. The van der Waals surface area contributed by atoms with E-state index in [-0.39, 0.29) is 18.5 Å². The molecule has 41 heavy (non-hydrogen) atoms. The second-order valence-electron chi connectivity index (χ2n) is 10.4. The smallest absolute Gasteiger partial charge is 0.339 e. The molecule has 1 unspecified atom stereocenters. The number of benzene rings is 2. The molecule has 0 saturated carbocycles. The zero-order chi connectivity index (χ0) is 28.4. The Balaban J connectivity index is 1.31. The number of carbonyl (C=O) groups excluding carboxylic acids is 1. The molecule has 2 aliphatic heterocycles. The van der Waals surface area contributed by atoms with Crippen LogP contribution >= 0.6 is 0 Å². The van der Waals surface area contributed by atoms with Crippen molar-refractivity contribution in [3.05, 3.63) is 77.2 Å². The first kappa shape index (κ1) is 26.8. The molecule has 212 valence electrons. The van der Waals surface area contributed by atoms with Crippen molar-refractivity contribution in [1.82, 2.24) is 25.0 Å². The van der Waals surface area contributed by atoms with Crippen LogP contribution in [0.2, 0.25) is 0 Å². The number of fused-ring (bicyclic) bond motifs is 1. The summed E-state index contributed by atoms with van der Waals surface area (Å²) in [5.74, 6) is 1.19. The summed E-state index contributed by atoms with van der Waals surface area (Å²) in [6.45, 7) is 7.03. The third-order valence-electron chi connectivity index (χ3n) is 7.14. The van der Waals surface area contributed by atoms with E-state index < -0.39 is 11.6 Å². The van der Waals surface area contributed by atoms with Crippen molar-refractivity contribution >= 4 is 23.4 Å². The highest BCUT2D eigenvalue weighted by Gasteiger charge is 2.37. The van der Waals surface area contributed by atoms with E-state index in [1.165, 1.54) is 0 Å². The van der Waals surface area contributed by atoms with E-state index in [4.69, 9.17) is 19.0 Å². The van der Waals surface area contributed by atoms with Gasteiger partial charge >= 0.3 is 5.97 Å². The van der Waals surface area contributed by atoms with E-state index in [1.807, 2.05) is 50.2 Å². The van der Waals surface area contributed by atoms with E-state index in [0.717, 1.165) is 24.2 Å². The molecule has 3 N–H and O–H groups in total. The number of aliphatic hydroxyl groups excluding tert-OH is 1. The van der Waals surface area contributed by atoms with Gasteiger partial charge in [-0.25, -0.2) is 9.78 Å². The molecule has 1 atom stereocenters. The maximum atomic E-state index is 12.2. The van der Waals surface area contributed by atoms with Crippen LogP contribution in [0.15, 0.2) is 59.3 Å². The molecule has 0 spiro atoms. The lowest BCUT2D eigenvalue weighted by Crippen LogP contribution is -2.35. The summed E-state index contributed by atoms with van der Waals surface area (Å²) in [6, 6.07) is 14.5. The Morgan fingerprint density at radius 2 is 1.88 bits per heavy atom. The number of ether oxygens (including phenoxy) is 2. The highest BCUT2D eigenvalue weighted by Crippen LogP contribution is 2.38. The molecule has 0 radical (unpaired) electrons. The fraction of sp³-hybridized carbons (Fsp3) is 0.345. The van der Waals surface area contributed by atoms with Gasteiger partial charge in [-0.1, -0.05) is 35.5 Å². The number of hydrogen-bond acceptors (Lipinski definition) is 12. The van der Waals surface area contributed by atoms with Crippen LogP contribution in [0.1, 0.15) is 47.2 Å². The van der Waals surface area contributed by atoms with Crippen molar-refractivity contribution in [3.8, 4) is 11.5 Å². The number of morpholine rings is 1. The predicted octanol–water partition coefficient (Wildman–Crippen LogP) is 3.65. The van der Waals surface area contributed by atoms with Gasteiger partial charge in [0, 0.05) is 30.5 Å². The normalized spacial score (nSPS) is 17.1. The van der Waals surface area contributed by atoms with Crippen molar-refractivity contribution in [2.45, 2.75) is 32.0 Å². The van der Waals surface area contributed by atoms with Gasteiger partial charge in [0.25, 0.3) is 5.89 Å². The SMILES string of the molecule is CC1(C)OC(=O)c2ccc(Nc3ncc(-c4nc(CN5CCOCC5)no4)c(NC(CO)c4ccccc4)n3)cc21. The van der Waals surface area contributed by atoms with E-state index in [2.05, 4.69) is 30.7 Å². The maximum Gasteiger partial charge on any atom is 0.339 e. The van der Waals surface area contributed by atoms with Crippen molar-refractivity contribution in [2.75, 3.05) is 43.5 Å². The maximum absolute atomic E-state index is 12.2. The number of aliphatic hydroxyl groups is 1. The van der Waals surface area contributed by atoms with Crippen LogP contribution in [-0.2, 0) is 21.6 Å². The van der Waals surface area contributed by atoms with Gasteiger partial charge in [0.15, 0.2) is 5.82 Å². The Morgan fingerprint density at radius 3 is 2.66 bits per heavy atom. The number of esters is 1. The minimum absolute atomic E-state index is 0.170. The molecule has 0 aliphatic carbocycles. The molecule has 4 aromatic rings. The monoisotopic (exact) mass is 557 g/mol. The first-order valence-corrected chi connectivity index (χ1v) is 13.5. The third-order valence-corrected chi connectivity index (χ3v) is 7.14. The van der Waals surface area contributed by atoms with Crippen molar-refractivity contribution in [2.24, 2.45) is 0 Å². The minimum Gasteiger partial charge on any atom is -0.451 e. The fourth-order valence-corrected chi connectivity index (χ4v) is 4.95. The summed E-state index contributed by atoms with van der Waals surface area (Å²) in [5.41, 5.74) is 2.67. The number of anilines is 3. The highest BCUT2D eigenvalue weighted by molar-refractivity contribution is 5.95. The lowest BCUT2D eigenvalue weighted by molar-refractivity contribution is 0.00954. The van der Waals surface area contributed by atoms with Crippen molar-refractivity contribution < 1.29 is 23.9 Å². The van der Waals surface area contributed by atoms with Crippen LogP contribution in [-0.4, -0.2) is 69.0 Å². The number of rotatable bonds is 9. The molecule has 12 nitrogen and oxygen atoms in total. The second-order valence-corrected chi connectivity index (χ2v) is 10.4. The lowest BCUT2D eigenvalue weighted by Gasteiger charge is -2.24. The molecule has 2 aromatic carbocycles. The van der Waals surface area contributed by atoms with Gasteiger partial charge < -0.3 is 29.7 Å². The first-order chi connectivity index (χ1) is 19.9. The minimum atomic E-state index is -0.734. The average molecular weight is 558 g/mol. The van der Waals surface area contributed by atoms with Gasteiger partial charge in [0.2, 0.25) is 5.95 Å². The standard InChI is InChI=1S/C29H31N7O5/c1-29(2)22-14-19(8-9-20(22)27(38)40-29)31-28-30-15-21(25(34-28)32-23(17-37)18-6-4-3-5-7-18)26-33-24(35-41-26)16-36-10-12-39-13-11-36/h3-9,14-15,23,37H,10-13,16-17H2,1-2H3,(H2,30,31,32,34). The zero-order valence-electron chi connectivity index (χ0n) is 22.8. The molecule has 6 rings (SSSR count). The van der Waals surface area contributed by atoms with Gasteiger partial charge in [-0.05, 0) is 37.6 Å². The molecule has 1 saturated heterocycles. The Morgan fingerprint density at radius 1 is 1.07 bits per heavy atom. The molecule has 0 bridgehead atoms. The van der Waals surface area contributed by atoms with E-state index >= 15 is 0 Å². The Hall–Kier alpha value is -4.39. The molecule has 2 aliphatic rings. The highest BCUT2D eigenvalue weighted by atomic mass is 16.6. The number of cyclic esters (lactones) is 1. The number of carbonyl (C=O) groups is 1. The quantitative estimate of drug-likeness (QED) is 0.258. The Labute approximate surface area is 236 Å². The van der Waals surface area contributed by atoms with Crippen LogP contribution in [0.5, 0.6) is 0 Å². The predicted molar refractivity (Wildman–Crippen MR) is 149 cm³/mol. The summed E-state index contributed by atoms with van der Waals surface area (Å²) >= 11 is 0. The zero-order valence-corrected chi connectivity index (χ0v) is 22.8. The summed E-state index contributed by atoms with van der Waals surface area (Å²) in [7, 11) is 0. The van der Waals surface area contributed by atoms with Gasteiger partial charge in [0.1, 0.15) is 17.0 Å². The number of aromatic nitrogens is 4. The first-order valence-electron chi connectivity index (χ1n) is 13.5. The van der Waals surface area contributed by atoms with Gasteiger partial charge in [-0.3, -0.25) is 4.90 Å². The second kappa shape index (κ2) is 11.2. The van der Waals surface area contributed by atoms with E-state index in [1.54, 1.807) is 18.3 Å². The molecule has 2 aromatic heterocycles. The fourth-order valence-electron chi connectivity index (χ4n) is 4.95. The van der Waals surface area contributed by atoms with Crippen LogP contribution < -0.4 is 10.6 Å². The van der Waals surface area contributed by atoms with Crippen LogP contribution in [0, 0.1) is 0 Å². The Bertz CT molecular complexity index is 1540. The molecule has 0 amide bonds. The third kappa shape index (κ3) is 5.75. The Kier molecular flexibility index (Phi) is 7.35. The van der Waals surface area contributed by atoms with Crippen LogP contribution in [0.4, 0.5) is 17.5 Å². The summed E-state index contributed by atoms with van der Waals surface area (Å²) in [6.07, 6.45) is 1.60. The van der Waals surface area contributed by atoms with Crippen molar-refractivity contribution in [1.29, 1.82) is 0 Å². The summed E-state index contributed by atoms with van der Waals surface area (Å²) in [5, 5.41) is 20.9. The van der Waals surface area contributed by atoms with E-state index in [0.29, 0.717) is 54.2 Å². The van der Waals surface area contributed by atoms with Gasteiger partial charge in [-0.15, -0.1) is 0 Å². The van der Waals surface area contributed by atoms with Crippen LogP contribution in [0.3, 0.4) is 0 Å². The lowest BCUT2D eigenvalue weighted by atomic mass is 9.95. The number of nitrogens with one attached hydrogen (secondary N) is 2. The largest absolute Gasteiger partial charge is 0.451 e. The van der Waals surface area contributed by atoms with Gasteiger partial charge in [0.05, 0.1) is 38.0 Å². The molecule has 4 heterocycles. The number of hydrogen-bond donors (Lipinski definition) is 3. The molecule has 1 fully saturated rings. The summed E-state index contributed by atoms with van der Waals surface area (Å²) in [4.78, 5) is 28.3. The topological polar surface area (TPSA) is 148 Å². The van der Waals surface area contributed by atoms with Crippen molar-refractivity contribution in [3.63, 3.8) is 0 Å².